The molecule has 1 aromatic rings. The highest BCUT2D eigenvalue weighted by atomic mass is 19.4. The van der Waals surface area contributed by atoms with Gasteiger partial charge in [0.1, 0.15) is 11.9 Å². The summed E-state index contributed by atoms with van der Waals surface area (Å²) in [6, 6.07) is 5.38. The van der Waals surface area contributed by atoms with Crippen LogP contribution in [0.3, 0.4) is 0 Å². The van der Waals surface area contributed by atoms with Crippen molar-refractivity contribution in [1.82, 2.24) is 0 Å². The van der Waals surface area contributed by atoms with E-state index >= 15 is 0 Å². The number of benzene rings is 1. The summed E-state index contributed by atoms with van der Waals surface area (Å²) in [6.07, 6.45) is -2.54. The van der Waals surface area contributed by atoms with E-state index in [4.69, 9.17) is 4.74 Å². The molecular formula is C12H13F3O. The lowest BCUT2D eigenvalue weighted by atomic mass is 9.83. The molecule has 2 unspecified atom stereocenters. The third-order valence-corrected chi connectivity index (χ3v) is 3.01. The molecule has 2 atom stereocenters. The molecule has 0 saturated heterocycles. The van der Waals surface area contributed by atoms with Crippen LogP contribution in [-0.4, -0.2) is 6.10 Å². The van der Waals surface area contributed by atoms with Crippen LogP contribution in [0.15, 0.2) is 24.3 Å². The van der Waals surface area contributed by atoms with Gasteiger partial charge in [-0.25, -0.2) is 0 Å². The lowest BCUT2D eigenvalue weighted by Crippen LogP contribution is -2.35. The van der Waals surface area contributed by atoms with Crippen LogP contribution in [0, 0.1) is 5.92 Å². The molecule has 0 aliphatic heterocycles. The van der Waals surface area contributed by atoms with Crippen LogP contribution < -0.4 is 4.74 Å². The quantitative estimate of drug-likeness (QED) is 0.749. The predicted molar refractivity (Wildman–Crippen MR) is 54.3 cm³/mol. The topological polar surface area (TPSA) is 9.23 Å². The molecule has 1 aliphatic rings. The van der Waals surface area contributed by atoms with E-state index in [0.29, 0.717) is 5.92 Å². The Bertz CT molecular complexity index is 373. The highest BCUT2D eigenvalue weighted by molar-refractivity contribution is 5.35. The number of para-hydroxylation sites is 1. The summed E-state index contributed by atoms with van der Waals surface area (Å²) in [4.78, 5) is 0. The summed E-state index contributed by atoms with van der Waals surface area (Å²) >= 11 is 0. The zero-order valence-electron chi connectivity index (χ0n) is 8.92. The van der Waals surface area contributed by atoms with E-state index in [-0.39, 0.29) is 11.9 Å². The lowest BCUT2D eigenvalue weighted by Gasteiger charge is -2.34. The maximum atomic E-state index is 12.6. The van der Waals surface area contributed by atoms with Gasteiger partial charge in [-0.05, 0) is 30.9 Å². The highest BCUT2D eigenvalue weighted by Gasteiger charge is 2.36. The summed E-state index contributed by atoms with van der Waals surface area (Å²) < 4.78 is 43.3. The van der Waals surface area contributed by atoms with Crippen molar-refractivity contribution >= 4 is 0 Å². The fourth-order valence-electron chi connectivity index (χ4n) is 1.78. The average molecular weight is 230 g/mol. The molecule has 0 radical (unpaired) electrons. The SMILES string of the molecule is CC1CCC1Oc1ccccc1C(F)(F)F. The second-order valence-corrected chi connectivity index (χ2v) is 4.20. The molecule has 0 heterocycles. The zero-order chi connectivity index (χ0) is 11.8. The van der Waals surface area contributed by atoms with Crippen molar-refractivity contribution in [2.75, 3.05) is 0 Å². The van der Waals surface area contributed by atoms with Crippen LogP contribution in [-0.2, 0) is 6.18 Å². The van der Waals surface area contributed by atoms with Gasteiger partial charge in [-0.1, -0.05) is 19.1 Å². The van der Waals surface area contributed by atoms with Crippen LogP contribution in [0.5, 0.6) is 5.75 Å². The van der Waals surface area contributed by atoms with Crippen molar-refractivity contribution in [2.24, 2.45) is 5.92 Å². The van der Waals surface area contributed by atoms with Gasteiger partial charge >= 0.3 is 6.18 Å². The van der Waals surface area contributed by atoms with E-state index in [1.165, 1.54) is 12.1 Å². The third kappa shape index (κ3) is 2.15. The van der Waals surface area contributed by atoms with Crippen molar-refractivity contribution < 1.29 is 17.9 Å². The Morgan fingerprint density at radius 2 is 1.88 bits per heavy atom. The van der Waals surface area contributed by atoms with Gasteiger partial charge in [0.15, 0.2) is 0 Å². The van der Waals surface area contributed by atoms with Gasteiger partial charge in [-0.2, -0.15) is 13.2 Å². The van der Waals surface area contributed by atoms with E-state index in [9.17, 15) is 13.2 Å². The van der Waals surface area contributed by atoms with Crippen LogP contribution in [0.25, 0.3) is 0 Å². The van der Waals surface area contributed by atoms with Gasteiger partial charge in [0, 0.05) is 0 Å². The van der Waals surface area contributed by atoms with Gasteiger partial charge in [-0.15, -0.1) is 0 Å². The monoisotopic (exact) mass is 230 g/mol. The first-order valence-electron chi connectivity index (χ1n) is 5.31. The Labute approximate surface area is 92.2 Å². The van der Waals surface area contributed by atoms with Crippen molar-refractivity contribution in [1.29, 1.82) is 0 Å². The Kier molecular flexibility index (Phi) is 2.82. The van der Waals surface area contributed by atoms with Gasteiger partial charge in [0.25, 0.3) is 0 Å². The Morgan fingerprint density at radius 1 is 1.19 bits per heavy atom. The summed E-state index contributed by atoms with van der Waals surface area (Å²) in [5.41, 5.74) is -0.686. The largest absolute Gasteiger partial charge is 0.490 e. The minimum absolute atomic E-state index is 0.0495. The fraction of sp³-hybridized carbons (Fsp3) is 0.500. The summed E-state index contributed by atoms with van der Waals surface area (Å²) in [5, 5.41) is 0. The van der Waals surface area contributed by atoms with Crippen LogP contribution in [0.4, 0.5) is 13.2 Å². The van der Waals surface area contributed by atoms with E-state index in [0.717, 1.165) is 18.9 Å². The van der Waals surface area contributed by atoms with E-state index < -0.39 is 11.7 Å². The molecule has 2 rings (SSSR count). The summed E-state index contributed by atoms with van der Waals surface area (Å²) in [7, 11) is 0. The number of hydrogen-bond acceptors (Lipinski definition) is 1. The number of ether oxygens (including phenoxy) is 1. The molecule has 88 valence electrons. The molecule has 16 heavy (non-hydrogen) atoms. The third-order valence-electron chi connectivity index (χ3n) is 3.01. The van der Waals surface area contributed by atoms with Gasteiger partial charge in [0.05, 0.1) is 5.56 Å². The minimum Gasteiger partial charge on any atom is -0.490 e. The normalized spacial score (nSPS) is 25.0. The molecule has 0 bridgehead atoms. The number of alkyl halides is 3. The summed E-state index contributed by atoms with van der Waals surface area (Å²) in [6.45, 7) is 1.99. The Morgan fingerprint density at radius 3 is 2.38 bits per heavy atom. The number of rotatable bonds is 2. The van der Waals surface area contributed by atoms with E-state index in [1.54, 1.807) is 6.07 Å². The fourth-order valence-corrected chi connectivity index (χ4v) is 1.78. The first-order chi connectivity index (χ1) is 7.48. The van der Waals surface area contributed by atoms with E-state index in [2.05, 4.69) is 0 Å². The molecule has 1 aliphatic carbocycles. The van der Waals surface area contributed by atoms with Gasteiger partial charge < -0.3 is 4.74 Å². The van der Waals surface area contributed by atoms with Crippen molar-refractivity contribution in [3.8, 4) is 5.75 Å². The molecule has 0 amide bonds. The smallest absolute Gasteiger partial charge is 0.419 e. The molecule has 1 nitrogen and oxygen atoms in total. The number of hydrogen-bond donors (Lipinski definition) is 0. The Balaban J connectivity index is 2.20. The zero-order valence-corrected chi connectivity index (χ0v) is 8.92. The minimum atomic E-state index is -4.34. The maximum absolute atomic E-state index is 12.6. The molecule has 0 N–H and O–H groups in total. The molecule has 0 aromatic heterocycles. The molecule has 1 fully saturated rings. The molecule has 1 aromatic carbocycles. The van der Waals surface area contributed by atoms with Crippen molar-refractivity contribution in [2.45, 2.75) is 32.0 Å². The first-order valence-corrected chi connectivity index (χ1v) is 5.31. The van der Waals surface area contributed by atoms with E-state index in [1.807, 2.05) is 6.92 Å². The van der Waals surface area contributed by atoms with Gasteiger partial charge in [-0.3, -0.25) is 0 Å². The standard InChI is InChI=1S/C12H13F3O/c1-8-6-7-10(8)16-11-5-3-2-4-9(11)12(13,14)15/h2-5,8,10H,6-7H2,1H3. The molecule has 4 heteroatoms. The first kappa shape index (κ1) is 11.3. The van der Waals surface area contributed by atoms with Crippen molar-refractivity contribution in [3.05, 3.63) is 29.8 Å². The molecule has 1 saturated carbocycles. The second-order valence-electron chi connectivity index (χ2n) is 4.20. The predicted octanol–water partition coefficient (Wildman–Crippen LogP) is 3.88. The molecule has 0 spiro atoms. The van der Waals surface area contributed by atoms with Crippen LogP contribution in [0.2, 0.25) is 0 Å². The number of halogens is 3. The molecular weight excluding hydrogens is 217 g/mol. The summed E-state index contributed by atoms with van der Waals surface area (Å²) in [5.74, 6) is 0.299. The lowest BCUT2D eigenvalue weighted by molar-refractivity contribution is -0.139. The maximum Gasteiger partial charge on any atom is 0.419 e. The van der Waals surface area contributed by atoms with Crippen LogP contribution >= 0.6 is 0 Å². The average Bonchev–Trinajstić information content (AvgIpc) is 2.23. The van der Waals surface area contributed by atoms with Crippen molar-refractivity contribution in [3.63, 3.8) is 0 Å². The van der Waals surface area contributed by atoms with Gasteiger partial charge in [0.2, 0.25) is 0 Å². The highest BCUT2D eigenvalue weighted by Crippen LogP contribution is 2.39. The van der Waals surface area contributed by atoms with Crippen LogP contribution in [0.1, 0.15) is 25.3 Å². The second kappa shape index (κ2) is 4.00. The Hall–Kier alpha value is -1.19.